The van der Waals surface area contributed by atoms with Crippen LogP contribution >= 0.6 is 0 Å². The van der Waals surface area contributed by atoms with Crippen LogP contribution in [0.5, 0.6) is 0 Å². The molecule has 0 aliphatic heterocycles. The van der Waals surface area contributed by atoms with Gasteiger partial charge in [0, 0.05) is 19.3 Å². The highest BCUT2D eigenvalue weighted by atomic mass is 16.6. The maximum Gasteiger partial charge on any atom is 0.306 e. The molecule has 360 valence electrons. The molecule has 0 fully saturated rings. The third kappa shape index (κ3) is 49.9. The smallest absolute Gasteiger partial charge is 0.306 e. The fraction of sp³-hybridized carbons (Fsp3) is 0.508. The zero-order valence-corrected chi connectivity index (χ0v) is 40.9. The minimum atomic E-state index is -0.835. The van der Waals surface area contributed by atoms with E-state index in [4.69, 9.17) is 14.2 Å². The first-order valence-electron chi connectivity index (χ1n) is 25.1. The Kier molecular flexibility index (Phi) is 47.7. The molecule has 6 nitrogen and oxygen atoms in total. The van der Waals surface area contributed by atoms with Crippen molar-refractivity contribution in [3.05, 3.63) is 158 Å². The van der Waals surface area contributed by atoms with E-state index in [1.807, 2.05) is 60.8 Å². The Hall–Kier alpha value is -4.97. The van der Waals surface area contributed by atoms with E-state index in [-0.39, 0.29) is 44.0 Å². The van der Waals surface area contributed by atoms with Crippen LogP contribution < -0.4 is 0 Å². The molecule has 6 heteroatoms. The molecule has 0 aromatic carbocycles. The minimum absolute atomic E-state index is 0.129. The molecule has 0 rings (SSSR count). The summed E-state index contributed by atoms with van der Waals surface area (Å²) in [5.41, 5.74) is 0. The van der Waals surface area contributed by atoms with Crippen molar-refractivity contribution in [1.82, 2.24) is 0 Å². The number of carbonyl (C=O) groups is 3. The minimum Gasteiger partial charge on any atom is -0.462 e. The second-order valence-corrected chi connectivity index (χ2v) is 15.8. The molecular formula is C59H88O6. The van der Waals surface area contributed by atoms with Gasteiger partial charge in [-0.3, -0.25) is 14.4 Å². The van der Waals surface area contributed by atoms with Gasteiger partial charge in [-0.25, -0.2) is 0 Å². The Balaban J connectivity index is 4.61. The van der Waals surface area contributed by atoms with Gasteiger partial charge >= 0.3 is 17.9 Å². The summed E-state index contributed by atoms with van der Waals surface area (Å²) in [7, 11) is 0. The number of rotatable bonds is 42. The molecule has 1 unspecified atom stereocenters. The monoisotopic (exact) mass is 893 g/mol. The van der Waals surface area contributed by atoms with Gasteiger partial charge in [0.1, 0.15) is 13.2 Å². The molecule has 0 amide bonds. The van der Waals surface area contributed by atoms with Crippen LogP contribution in [0, 0.1) is 0 Å². The molecule has 65 heavy (non-hydrogen) atoms. The van der Waals surface area contributed by atoms with Crippen molar-refractivity contribution < 1.29 is 28.6 Å². The van der Waals surface area contributed by atoms with Crippen molar-refractivity contribution in [2.45, 2.75) is 181 Å². The first kappa shape index (κ1) is 60.0. The molecular weight excluding hydrogens is 805 g/mol. The summed E-state index contributed by atoms with van der Waals surface area (Å²) in [5.74, 6) is -1.05. The number of esters is 3. The lowest BCUT2D eigenvalue weighted by Crippen LogP contribution is -2.30. The molecule has 0 aromatic heterocycles. The van der Waals surface area contributed by atoms with Crippen LogP contribution in [0.1, 0.15) is 175 Å². The highest BCUT2D eigenvalue weighted by Gasteiger charge is 2.19. The summed E-state index contributed by atoms with van der Waals surface area (Å²) in [5, 5.41) is 0. The molecule has 0 heterocycles. The topological polar surface area (TPSA) is 78.9 Å². The Morgan fingerprint density at radius 3 is 1.17 bits per heavy atom. The molecule has 0 aliphatic rings. The Bertz CT molecular complexity index is 1540. The van der Waals surface area contributed by atoms with Gasteiger partial charge in [0.05, 0.1) is 0 Å². The molecule has 0 spiro atoms. The zero-order valence-electron chi connectivity index (χ0n) is 40.9. The van der Waals surface area contributed by atoms with Crippen molar-refractivity contribution in [3.63, 3.8) is 0 Å². The van der Waals surface area contributed by atoms with Gasteiger partial charge in [-0.2, -0.15) is 0 Å². The van der Waals surface area contributed by atoms with E-state index in [1.165, 1.54) is 19.3 Å². The maximum absolute atomic E-state index is 12.8. The van der Waals surface area contributed by atoms with E-state index in [2.05, 4.69) is 118 Å². The molecule has 0 saturated carbocycles. The van der Waals surface area contributed by atoms with Crippen LogP contribution in [0.15, 0.2) is 158 Å². The number of hydrogen-bond donors (Lipinski definition) is 0. The summed E-state index contributed by atoms with van der Waals surface area (Å²) in [6.07, 6.45) is 75.1. The van der Waals surface area contributed by atoms with E-state index in [9.17, 15) is 14.4 Å². The molecule has 0 bridgehead atoms. The number of allylic oxidation sites excluding steroid dienone is 26. The van der Waals surface area contributed by atoms with Crippen LogP contribution in [-0.4, -0.2) is 37.2 Å². The Morgan fingerprint density at radius 1 is 0.338 bits per heavy atom. The Morgan fingerprint density at radius 2 is 0.677 bits per heavy atom. The summed E-state index contributed by atoms with van der Waals surface area (Å²) >= 11 is 0. The summed E-state index contributed by atoms with van der Waals surface area (Å²) in [4.78, 5) is 37.9. The zero-order chi connectivity index (χ0) is 47.2. The lowest BCUT2D eigenvalue weighted by molar-refractivity contribution is -0.167. The maximum atomic E-state index is 12.8. The van der Waals surface area contributed by atoms with Gasteiger partial charge in [-0.15, -0.1) is 0 Å². The number of hydrogen-bond acceptors (Lipinski definition) is 6. The van der Waals surface area contributed by atoms with Crippen molar-refractivity contribution >= 4 is 17.9 Å². The molecule has 0 aliphatic carbocycles. The highest BCUT2D eigenvalue weighted by Crippen LogP contribution is 2.11. The molecule has 0 saturated heterocycles. The third-order valence-corrected chi connectivity index (χ3v) is 9.75. The predicted molar refractivity (Wildman–Crippen MR) is 278 cm³/mol. The molecule has 0 aromatic rings. The average molecular weight is 893 g/mol. The fourth-order valence-electron chi connectivity index (χ4n) is 6.03. The normalized spacial score (nSPS) is 13.5. The van der Waals surface area contributed by atoms with Crippen LogP contribution in [-0.2, 0) is 28.6 Å². The predicted octanol–water partition coefficient (Wildman–Crippen LogP) is 16.6. The lowest BCUT2D eigenvalue weighted by atomic mass is 10.1. The summed E-state index contributed by atoms with van der Waals surface area (Å²) < 4.78 is 16.7. The van der Waals surface area contributed by atoms with Gasteiger partial charge < -0.3 is 14.2 Å². The lowest BCUT2D eigenvalue weighted by Gasteiger charge is -2.18. The van der Waals surface area contributed by atoms with E-state index in [0.29, 0.717) is 19.3 Å². The summed E-state index contributed by atoms with van der Waals surface area (Å²) in [6, 6.07) is 0. The van der Waals surface area contributed by atoms with Gasteiger partial charge in [0.25, 0.3) is 0 Å². The standard InChI is InChI=1S/C59H88O6/c1-4-7-10-13-16-19-22-25-27-29-31-32-34-37-40-43-46-49-52-58(61)64-55-56(54-63-57(60)51-48-45-42-39-36-24-21-18-15-12-9-6-3)65-59(62)53-50-47-44-41-38-35-33-30-28-26-23-20-17-14-11-8-5-2/h8-9,11-12,14,16-23,25-33,35-36,38-39,56H,4-7,10,13,15,24,34,37,40-55H2,1-3H3/b11-8-,12-9-,17-14-,19-16-,21-18-,23-20-,25-22-,28-26-,29-27-,32-31-,33-30+,38-35-,39-36-. The van der Waals surface area contributed by atoms with Gasteiger partial charge in [-0.1, -0.05) is 217 Å². The Labute approximate surface area is 397 Å². The SMILES string of the molecule is CC\C=C/C=C\C=C/C=C\C=C\C=C/CCCCCC(=O)OC(COC(=O)CCCC/C=C\C/C=C\C/C=C\CC)COC(=O)CCCCCCC\C=C/C=C\C=C/C=C\CCCCC. The number of unbranched alkanes of at least 4 members (excludes halogenated alkanes) is 13. The van der Waals surface area contributed by atoms with Gasteiger partial charge in [0.2, 0.25) is 0 Å². The second-order valence-electron chi connectivity index (χ2n) is 15.8. The molecule has 0 radical (unpaired) electrons. The third-order valence-electron chi connectivity index (χ3n) is 9.75. The fourth-order valence-corrected chi connectivity index (χ4v) is 6.03. The van der Waals surface area contributed by atoms with E-state index in [0.717, 1.165) is 103 Å². The average Bonchev–Trinajstić information content (AvgIpc) is 3.30. The first-order valence-corrected chi connectivity index (χ1v) is 25.1. The van der Waals surface area contributed by atoms with E-state index >= 15 is 0 Å². The van der Waals surface area contributed by atoms with Crippen molar-refractivity contribution in [1.29, 1.82) is 0 Å². The van der Waals surface area contributed by atoms with Crippen molar-refractivity contribution in [2.75, 3.05) is 13.2 Å². The van der Waals surface area contributed by atoms with Crippen LogP contribution in [0.2, 0.25) is 0 Å². The largest absolute Gasteiger partial charge is 0.462 e. The quantitative estimate of drug-likeness (QED) is 0.0200. The van der Waals surface area contributed by atoms with Gasteiger partial charge in [0.15, 0.2) is 6.10 Å². The van der Waals surface area contributed by atoms with Crippen molar-refractivity contribution in [3.8, 4) is 0 Å². The summed E-state index contributed by atoms with van der Waals surface area (Å²) in [6.45, 7) is 6.21. The second kappa shape index (κ2) is 51.7. The number of ether oxygens (including phenoxy) is 3. The van der Waals surface area contributed by atoms with Crippen LogP contribution in [0.4, 0.5) is 0 Å². The number of carbonyl (C=O) groups excluding carboxylic acids is 3. The highest BCUT2D eigenvalue weighted by molar-refractivity contribution is 5.71. The van der Waals surface area contributed by atoms with Crippen molar-refractivity contribution in [2.24, 2.45) is 0 Å². The first-order chi connectivity index (χ1) is 32.0. The van der Waals surface area contributed by atoms with E-state index < -0.39 is 6.10 Å². The van der Waals surface area contributed by atoms with Gasteiger partial charge in [-0.05, 0) is 96.3 Å². The van der Waals surface area contributed by atoms with Crippen LogP contribution in [0.3, 0.4) is 0 Å². The molecule has 1 atom stereocenters. The van der Waals surface area contributed by atoms with E-state index in [1.54, 1.807) is 0 Å². The molecule has 0 N–H and O–H groups in total. The van der Waals surface area contributed by atoms with Crippen LogP contribution in [0.25, 0.3) is 0 Å².